The van der Waals surface area contributed by atoms with Crippen LogP contribution in [-0.2, 0) is 9.59 Å². The third kappa shape index (κ3) is 2.76. The van der Waals surface area contributed by atoms with Crippen molar-refractivity contribution in [2.24, 2.45) is 11.8 Å². The number of hydrogen-bond acceptors (Lipinski definition) is 3. The van der Waals surface area contributed by atoms with Crippen LogP contribution in [0.25, 0.3) is 0 Å². The molecule has 1 amide bonds. The number of benzene rings is 1. The number of nitrogens with zero attached hydrogens (tertiary/aromatic N) is 1. The first kappa shape index (κ1) is 14.4. The Morgan fingerprint density at radius 1 is 1.25 bits per heavy atom. The summed E-state index contributed by atoms with van der Waals surface area (Å²) in [6, 6.07) is 7.36. The van der Waals surface area contributed by atoms with Gasteiger partial charge < -0.3 is 14.7 Å². The second-order valence-corrected chi connectivity index (χ2v) is 5.08. The van der Waals surface area contributed by atoms with Crippen LogP contribution in [0.1, 0.15) is 20.3 Å². The van der Waals surface area contributed by atoms with Crippen LogP contribution in [0.3, 0.4) is 0 Å². The van der Waals surface area contributed by atoms with Gasteiger partial charge in [0, 0.05) is 12.5 Å². The lowest BCUT2D eigenvalue weighted by atomic mass is 9.94. The lowest BCUT2D eigenvalue weighted by molar-refractivity contribution is -0.145. The molecule has 1 aromatic rings. The molecule has 0 aliphatic carbocycles. The molecule has 0 radical (unpaired) electrons. The second-order valence-electron chi connectivity index (χ2n) is 5.08. The summed E-state index contributed by atoms with van der Waals surface area (Å²) in [6.07, 6.45) is 0.731. The van der Waals surface area contributed by atoms with E-state index < -0.39 is 17.8 Å². The van der Waals surface area contributed by atoms with Crippen molar-refractivity contribution in [3.63, 3.8) is 0 Å². The molecule has 0 saturated carbocycles. The molecule has 1 heterocycles. The first-order chi connectivity index (χ1) is 9.52. The Hall–Kier alpha value is -2.04. The number of carbonyl (C=O) groups is 2. The number of amides is 1. The molecule has 20 heavy (non-hydrogen) atoms. The molecule has 2 atom stereocenters. The van der Waals surface area contributed by atoms with Gasteiger partial charge in [-0.3, -0.25) is 9.59 Å². The number of ether oxygens (including phenoxy) is 1. The average molecular weight is 277 g/mol. The molecule has 1 aliphatic heterocycles. The van der Waals surface area contributed by atoms with Crippen molar-refractivity contribution < 1.29 is 19.4 Å². The molecule has 0 bridgehead atoms. The molecule has 2 rings (SSSR count). The molecule has 5 heteroatoms. The van der Waals surface area contributed by atoms with Crippen LogP contribution in [0, 0.1) is 11.8 Å². The van der Waals surface area contributed by atoms with Gasteiger partial charge in [-0.05, 0) is 18.6 Å². The van der Waals surface area contributed by atoms with E-state index in [1.54, 1.807) is 18.7 Å². The lowest BCUT2D eigenvalue weighted by Gasteiger charge is -2.26. The van der Waals surface area contributed by atoms with E-state index in [0.717, 1.165) is 12.1 Å². The lowest BCUT2D eigenvalue weighted by Crippen LogP contribution is -2.39. The molecule has 2 unspecified atom stereocenters. The summed E-state index contributed by atoms with van der Waals surface area (Å²) in [5.41, 5.74) is 0.722. The van der Waals surface area contributed by atoms with Gasteiger partial charge in [-0.2, -0.15) is 0 Å². The number of aliphatic carboxylic acids is 1. The highest BCUT2D eigenvalue weighted by Gasteiger charge is 2.31. The van der Waals surface area contributed by atoms with Crippen molar-refractivity contribution >= 4 is 17.6 Å². The summed E-state index contributed by atoms with van der Waals surface area (Å²) in [5, 5.41) is 9.06. The quantitative estimate of drug-likeness (QED) is 0.919. The highest BCUT2D eigenvalue weighted by atomic mass is 16.5. The van der Waals surface area contributed by atoms with Gasteiger partial charge in [0.2, 0.25) is 5.91 Å². The van der Waals surface area contributed by atoms with E-state index in [-0.39, 0.29) is 5.91 Å². The minimum Gasteiger partial charge on any atom is -0.491 e. The Bertz CT molecular complexity index is 514. The number of rotatable bonds is 3. The van der Waals surface area contributed by atoms with E-state index in [4.69, 9.17) is 9.84 Å². The molecule has 0 saturated heterocycles. The van der Waals surface area contributed by atoms with E-state index in [0.29, 0.717) is 18.9 Å². The van der Waals surface area contributed by atoms with E-state index in [1.807, 2.05) is 24.3 Å². The molecule has 0 aromatic heterocycles. The van der Waals surface area contributed by atoms with Crippen LogP contribution < -0.4 is 9.64 Å². The maximum atomic E-state index is 12.6. The highest BCUT2D eigenvalue weighted by Crippen LogP contribution is 2.32. The van der Waals surface area contributed by atoms with Crippen LogP contribution in [0.15, 0.2) is 24.3 Å². The van der Waals surface area contributed by atoms with Gasteiger partial charge in [-0.25, -0.2) is 0 Å². The molecular weight excluding hydrogens is 258 g/mol. The Kier molecular flexibility index (Phi) is 4.27. The van der Waals surface area contributed by atoms with Crippen molar-refractivity contribution in [1.29, 1.82) is 0 Å². The van der Waals surface area contributed by atoms with Gasteiger partial charge in [0.05, 0.1) is 18.2 Å². The largest absolute Gasteiger partial charge is 0.491 e. The van der Waals surface area contributed by atoms with Crippen molar-refractivity contribution in [2.75, 3.05) is 18.1 Å². The third-order valence-electron chi connectivity index (χ3n) is 3.73. The number of carboxylic acids is 1. The third-order valence-corrected chi connectivity index (χ3v) is 3.73. The van der Waals surface area contributed by atoms with Crippen LogP contribution in [0.2, 0.25) is 0 Å². The number of para-hydroxylation sites is 2. The van der Waals surface area contributed by atoms with Gasteiger partial charge >= 0.3 is 5.97 Å². The van der Waals surface area contributed by atoms with Crippen molar-refractivity contribution in [2.45, 2.75) is 20.3 Å². The van der Waals surface area contributed by atoms with Gasteiger partial charge in [-0.15, -0.1) is 0 Å². The molecule has 1 aliphatic rings. The molecule has 1 aromatic carbocycles. The van der Waals surface area contributed by atoms with E-state index >= 15 is 0 Å². The molecular formula is C15H19NO4. The standard InChI is InChI=1S/C15H19NO4/c1-10(11(2)15(18)19)14(17)16-8-5-9-20-13-7-4-3-6-12(13)16/h3-4,6-7,10-11H,5,8-9H2,1-2H3,(H,18,19). The highest BCUT2D eigenvalue weighted by molar-refractivity contribution is 5.98. The smallest absolute Gasteiger partial charge is 0.307 e. The molecule has 5 nitrogen and oxygen atoms in total. The SMILES string of the molecule is CC(C(=O)O)C(C)C(=O)N1CCCOc2ccccc21. The minimum absolute atomic E-state index is 0.169. The predicted molar refractivity (Wildman–Crippen MR) is 74.9 cm³/mol. The monoisotopic (exact) mass is 277 g/mol. The number of carbonyl (C=O) groups excluding carboxylic acids is 1. The maximum Gasteiger partial charge on any atom is 0.307 e. The summed E-state index contributed by atoms with van der Waals surface area (Å²) in [7, 11) is 0. The van der Waals surface area contributed by atoms with Crippen molar-refractivity contribution in [1.82, 2.24) is 0 Å². The summed E-state index contributed by atoms with van der Waals surface area (Å²) in [6.45, 7) is 4.33. The Balaban J connectivity index is 2.28. The topological polar surface area (TPSA) is 66.8 Å². The van der Waals surface area contributed by atoms with Gasteiger partial charge in [0.15, 0.2) is 0 Å². The Labute approximate surface area is 118 Å². The fourth-order valence-corrected chi connectivity index (χ4v) is 2.23. The average Bonchev–Trinajstić information content (AvgIpc) is 2.67. The summed E-state index contributed by atoms with van der Waals surface area (Å²) in [5.74, 6) is -1.73. The number of fused-ring (bicyclic) bond motifs is 1. The summed E-state index contributed by atoms with van der Waals surface area (Å²) < 4.78 is 5.61. The van der Waals surface area contributed by atoms with Crippen LogP contribution >= 0.6 is 0 Å². The normalized spacial score (nSPS) is 17.4. The molecule has 1 N–H and O–H groups in total. The molecule has 108 valence electrons. The number of carboxylic acid groups (broad SMARTS) is 1. The Morgan fingerprint density at radius 3 is 2.65 bits per heavy atom. The van der Waals surface area contributed by atoms with Crippen LogP contribution in [0.5, 0.6) is 5.75 Å². The van der Waals surface area contributed by atoms with Gasteiger partial charge in [0.25, 0.3) is 0 Å². The maximum absolute atomic E-state index is 12.6. The van der Waals surface area contributed by atoms with E-state index in [2.05, 4.69) is 0 Å². The summed E-state index contributed by atoms with van der Waals surface area (Å²) >= 11 is 0. The zero-order chi connectivity index (χ0) is 14.7. The first-order valence-corrected chi connectivity index (χ1v) is 6.78. The van der Waals surface area contributed by atoms with Gasteiger partial charge in [-0.1, -0.05) is 26.0 Å². The van der Waals surface area contributed by atoms with Crippen LogP contribution in [0.4, 0.5) is 5.69 Å². The Morgan fingerprint density at radius 2 is 1.95 bits per heavy atom. The number of hydrogen-bond donors (Lipinski definition) is 1. The van der Waals surface area contributed by atoms with E-state index in [9.17, 15) is 9.59 Å². The predicted octanol–water partition coefficient (Wildman–Crippen LogP) is 2.16. The van der Waals surface area contributed by atoms with Crippen LogP contribution in [-0.4, -0.2) is 30.1 Å². The van der Waals surface area contributed by atoms with Crippen molar-refractivity contribution in [3.8, 4) is 5.75 Å². The minimum atomic E-state index is -0.954. The fourth-order valence-electron chi connectivity index (χ4n) is 2.23. The zero-order valence-electron chi connectivity index (χ0n) is 11.7. The molecule has 0 spiro atoms. The van der Waals surface area contributed by atoms with E-state index in [1.165, 1.54) is 0 Å². The summed E-state index contributed by atoms with van der Waals surface area (Å²) in [4.78, 5) is 25.3. The van der Waals surface area contributed by atoms with Gasteiger partial charge in [0.1, 0.15) is 5.75 Å². The second kappa shape index (κ2) is 5.94. The fraction of sp³-hybridized carbons (Fsp3) is 0.467. The first-order valence-electron chi connectivity index (χ1n) is 6.78. The number of anilines is 1. The zero-order valence-corrected chi connectivity index (χ0v) is 11.7. The van der Waals surface area contributed by atoms with Crippen molar-refractivity contribution in [3.05, 3.63) is 24.3 Å². The molecule has 0 fully saturated rings.